The van der Waals surface area contributed by atoms with E-state index in [1.807, 2.05) is 0 Å². The van der Waals surface area contributed by atoms with Crippen molar-refractivity contribution in [3.8, 4) is 0 Å². The molecule has 0 spiro atoms. The second-order valence-electron chi connectivity index (χ2n) is 7.00. The standard InChI is InChI=1S/C18H23BrN6O2/c1-12-9-24(14-10-27-11-14)2-3-25(12)17-8-20-16(7-21-17)23-15-4-13(5-19)6-22-18(15)26/h4,6-8,12,14H,2-3,5,9-11H2,1H3,(H,20,23)(H,22,26). The van der Waals surface area contributed by atoms with Gasteiger partial charge in [0.2, 0.25) is 0 Å². The van der Waals surface area contributed by atoms with E-state index in [9.17, 15) is 4.79 Å². The van der Waals surface area contributed by atoms with Crippen molar-refractivity contribution >= 4 is 33.3 Å². The number of halogens is 1. The highest BCUT2D eigenvalue weighted by atomic mass is 79.9. The number of piperazine rings is 1. The summed E-state index contributed by atoms with van der Waals surface area (Å²) in [5.74, 6) is 1.41. The van der Waals surface area contributed by atoms with Gasteiger partial charge in [0.1, 0.15) is 17.3 Å². The number of H-pyrrole nitrogens is 1. The third-order valence-corrected chi connectivity index (χ3v) is 5.76. The highest BCUT2D eigenvalue weighted by Crippen LogP contribution is 2.22. The van der Waals surface area contributed by atoms with Gasteiger partial charge in [0, 0.05) is 37.2 Å². The molecule has 9 heteroatoms. The first-order chi connectivity index (χ1) is 13.1. The maximum atomic E-state index is 12.0. The lowest BCUT2D eigenvalue weighted by Crippen LogP contribution is -2.59. The van der Waals surface area contributed by atoms with Crippen LogP contribution in [0.15, 0.2) is 29.5 Å². The zero-order valence-electron chi connectivity index (χ0n) is 15.2. The number of ether oxygens (including phenoxy) is 1. The van der Waals surface area contributed by atoms with Gasteiger partial charge in [-0.2, -0.15) is 0 Å². The zero-order chi connectivity index (χ0) is 18.8. The molecule has 2 N–H and O–H groups in total. The maximum Gasteiger partial charge on any atom is 0.271 e. The molecule has 4 heterocycles. The van der Waals surface area contributed by atoms with Crippen LogP contribution in [0.2, 0.25) is 0 Å². The van der Waals surface area contributed by atoms with E-state index >= 15 is 0 Å². The number of anilines is 3. The van der Waals surface area contributed by atoms with E-state index in [4.69, 9.17) is 4.74 Å². The molecular formula is C18H23BrN6O2. The summed E-state index contributed by atoms with van der Waals surface area (Å²) in [5.41, 5.74) is 1.25. The van der Waals surface area contributed by atoms with Crippen LogP contribution in [0.5, 0.6) is 0 Å². The van der Waals surface area contributed by atoms with Crippen LogP contribution in [0.25, 0.3) is 0 Å². The van der Waals surface area contributed by atoms with Gasteiger partial charge in [-0.3, -0.25) is 9.69 Å². The topological polar surface area (TPSA) is 86.4 Å². The van der Waals surface area contributed by atoms with Crippen molar-refractivity contribution in [3.05, 3.63) is 40.6 Å². The largest absolute Gasteiger partial charge is 0.378 e. The predicted octanol–water partition coefficient (Wildman–Crippen LogP) is 1.71. The Balaban J connectivity index is 1.42. The van der Waals surface area contributed by atoms with Crippen LogP contribution in [0.1, 0.15) is 12.5 Å². The summed E-state index contributed by atoms with van der Waals surface area (Å²) < 4.78 is 5.31. The molecule has 0 aromatic carbocycles. The molecule has 0 amide bonds. The quantitative estimate of drug-likeness (QED) is 0.692. The molecule has 2 aromatic rings. The first kappa shape index (κ1) is 18.4. The molecule has 2 aromatic heterocycles. The summed E-state index contributed by atoms with van der Waals surface area (Å²) in [4.78, 5) is 28.5. The summed E-state index contributed by atoms with van der Waals surface area (Å²) >= 11 is 3.39. The van der Waals surface area contributed by atoms with E-state index in [0.29, 0.717) is 28.9 Å². The predicted molar refractivity (Wildman–Crippen MR) is 108 cm³/mol. The second kappa shape index (κ2) is 7.95. The van der Waals surface area contributed by atoms with E-state index in [1.165, 1.54) is 0 Å². The number of nitrogens with zero attached hydrogens (tertiary/aromatic N) is 4. The van der Waals surface area contributed by atoms with E-state index < -0.39 is 0 Å². The summed E-state index contributed by atoms with van der Waals surface area (Å²) in [6.45, 7) is 6.85. The van der Waals surface area contributed by atoms with Crippen molar-refractivity contribution in [1.82, 2.24) is 19.9 Å². The molecule has 4 rings (SSSR count). The Morgan fingerprint density at radius 3 is 2.81 bits per heavy atom. The molecule has 0 aliphatic carbocycles. The Morgan fingerprint density at radius 2 is 2.19 bits per heavy atom. The average Bonchev–Trinajstić information content (AvgIpc) is 2.63. The summed E-state index contributed by atoms with van der Waals surface area (Å²) in [7, 11) is 0. The Bertz CT molecular complexity index is 838. The van der Waals surface area contributed by atoms with Gasteiger partial charge in [0.05, 0.1) is 31.6 Å². The van der Waals surface area contributed by atoms with Crippen molar-refractivity contribution in [3.63, 3.8) is 0 Å². The number of pyridine rings is 1. The van der Waals surface area contributed by atoms with E-state index in [-0.39, 0.29) is 5.56 Å². The lowest BCUT2D eigenvalue weighted by Gasteiger charge is -2.46. The van der Waals surface area contributed by atoms with Gasteiger partial charge in [-0.25, -0.2) is 9.97 Å². The van der Waals surface area contributed by atoms with Gasteiger partial charge in [-0.1, -0.05) is 15.9 Å². The normalized spacial score (nSPS) is 21.1. The maximum absolute atomic E-state index is 12.0. The lowest BCUT2D eigenvalue weighted by atomic mass is 10.1. The molecule has 2 fully saturated rings. The van der Waals surface area contributed by atoms with Gasteiger partial charge in [0.25, 0.3) is 5.56 Å². The molecule has 8 nitrogen and oxygen atoms in total. The van der Waals surface area contributed by atoms with Gasteiger partial charge in [-0.15, -0.1) is 0 Å². The first-order valence-corrected chi connectivity index (χ1v) is 10.2. The number of rotatable bonds is 5. The first-order valence-electron chi connectivity index (χ1n) is 9.09. The fraction of sp³-hybridized carbons (Fsp3) is 0.500. The van der Waals surface area contributed by atoms with Crippen LogP contribution >= 0.6 is 15.9 Å². The van der Waals surface area contributed by atoms with E-state index in [0.717, 1.165) is 44.2 Å². The summed E-state index contributed by atoms with van der Waals surface area (Å²) in [5, 5.41) is 3.71. The molecule has 1 atom stereocenters. The third kappa shape index (κ3) is 3.99. The van der Waals surface area contributed by atoms with Crippen LogP contribution in [-0.2, 0) is 10.1 Å². The number of aromatic nitrogens is 3. The minimum atomic E-state index is -0.185. The Hall–Kier alpha value is -1.97. The lowest BCUT2D eigenvalue weighted by molar-refractivity contribution is -0.0692. The molecule has 2 saturated heterocycles. The monoisotopic (exact) mass is 434 g/mol. The molecule has 27 heavy (non-hydrogen) atoms. The molecule has 2 aliphatic rings. The highest BCUT2D eigenvalue weighted by molar-refractivity contribution is 9.08. The fourth-order valence-electron chi connectivity index (χ4n) is 3.46. The number of aromatic amines is 1. The second-order valence-corrected chi connectivity index (χ2v) is 7.56. The molecule has 0 saturated carbocycles. The van der Waals surface area contributed by atoms with Gasteiger partial charge >= 0.3 is 0 Å². The minimum Gasteiger partial charge on any atom is -0.378 e. The average molecular weight is 435 g/mol. The fourth-order valence-corrected chi connectivity index (χ4v) is 3.79. The van der Waals surface area contributed by atoms with Crippen LogP contribution in [0.4, 0.5) is 17.3 Å². The van der Waals surface area contributed by atoms with E-state index in [1.54, 1.807) is 24.7 Å². The number of hydrogen-bond donors (Lipinski definition) is 2. The minimum absolute atomic E-state index is 0.185. The van der Waals surface area contributed by atoms with Crippen LogP contribution in [0, 0.1) is 0 Å². The van der Waals surface area contributed by atoms with Gasteiger partial charge in [0.15, 0.2) is 0 Å². The molecular weight excluding hydrogens is 412 g/mol. The molecule has 1 unspecified atom stereocenters. The number of alkyl halides is 1. The molecule has 144 valence electrons. The van der Waals surface area contributed by atoms with Crippen LogP contribution < -0.4 is 15.8 Å². The molecule has 0 bridgehead atoms. The Kier molecular flexibility index (Phi) is 5.42. The smallest absolute Gasteiger partial charge is 0.271 e. The van der Waals surface area contributed by atoms with Crippen molar-refractivity contribution < 1.29 is 4.74 Å². The Labute approximate surface area is 166 Å². The number of hydrogen-bond acceptors (Lipinski definition) is 7. The Morgan fingerprint density at radius 1 is 1.33 bits per heavy atom. The zero-order valence-corrected chi connectivity index (χ0v) is 16.8. The van der Waals surface area contributed by atoms with Crippen molar-refractivity contribution in [2.24, 2.45) is 0 Å². The number of nitrogens with one attached hydrogen (secondary N) is 2. The third-order valence-electron chi connectivity index (χ3n) is 5.11. The summed E-state index contributed by atoms with van der Waals surface area (Å²) in [6.07, 6.45) is 5.13. The highest BCUT2D eigenvalue weighted by Gasteiger charge is 2.32. The molecule has 2 aliphatic heterocycles. The van der Waals surface area contributed by atoms with Gasteiger partial charge in [-0.05, 0) is 18.6 Å². The van der Waals surface area contributed by atoms with Crippen molar-refractivity contribution in [1.29, 1.82) is 0 Å². The van der Waals surface area contributed by atoms with Gasteiger partial charge < -0.3 is 19.9 Å². The van der Waals surface area contributed by atoms with Crippen molar-refractivity contribution in [2.75, 3.05) is 43.1 Å². The van der Waals surface area contributed by atoms with Crippen LogP contribution in [0.3, 0.4) is 0 Å². The SMILES string of the molecule is CC1CN(C2COC2)CCN1c1cnc(Nc2cc(CBr)c[nH]c2=O)cn1. The van der Waals surface area contributed by atoms with Crippen molar-refractivity contribution in [2.45, 2.75) is 24.3 Å². The van der Waals surface area contributed by atoms with Crippen LogP contribution in [-0.4, -0.2) is 64.8 Å². The molecule has 0 radical (unpaired) electrons. The summed E-state index contributed by atoms with van der Waals surface area (Å²) in [6, 6.07) is 2.74. The van der Waals surface area contributed by atoms with E-state index in [2.05, 4.69) is 52.9 Å².